The average molecular weight is 322 g/mol. The molecular formula is C15H22N4O2S. The molecular weight excluding hydrogens is 300 g/mol. The highest BCUT2D eigenvalue weighted by atomic mass is 32.2. The van der Waals surface area contributed by atoms with Gasteiger partial charge < -0.3 is 4.57 Å². The van der Waals surface area contributed by atoms with Crippen LogP contribution >= 0.6 is 0 Å². The van der Waals surface area contributed by atoms with Gasteiger partial charge in [0.2, 0.25) is 10.0 Å². The Kier molecular flexibility index (Phi) is 5.33. The maximum absolute atomic E-state index is 12.1. The Bertz CT molecular complexity index is 707. The summed E-state index contributed by atoms with van der Waals surface area (Å²) in [4.78, 5) is 6.57. The predicted octanol–water partition coefficient (Wildman–Crippen LogP) is 1.14. The number of aromatic nitrogens is 2. The van der Waals surface area contributed by atoms with Gasteiger partial charge in [0.25, 0.3) is 0 Å². The van der Waals surface area contributed by atoms with Crippen molar-refractivity contribution in [2.45, 2.75) is 18.4 Å². The Balaban J connectivity index is 1.85. The zero-order valence-electron chi connectivity index (χ0n) is 13.2. The topological polar surface area (TPSA) is 67.2 Å². The van der Waals surface area contributed by atoms with Gasteiger partial charge in [0, 0.05) is 32.5 Å². The number of nitrogens with one attached hydrogen (secondary N) is 1. The highest BCUT2D eigenvalue weighted by Crippen LogP contribution is 2.09. The second-order valence-corrected chi connectivity index (χ2v) is 7.17. The molecule has 0 radical (unpaired) electrons. The quantitative estimate of drug-likeness (QED) is 0.830. The van der Waals surface area contributed by atoms with Crippen molar-refractivity contribution in [3.8, 4) is 0 Å². The van der Waals surface area contributed by atoms with E-state index in [9.17, 15) is 8.42 Å². The largest absolute Gasteiger partial charge is 0.337 e. The zero-order valence-corrected chi connectivity index (χ0v) is 14.0. The molecule has 0 fully saturated rings. The standard InChI is InChI=1S/C15H22N4O2S/c1-13-4-6-14(7-5-13)22(20,21)17-9-10-18(2)12-15-16-8-11-19(15)3/h4-8,11,17H,9-10,12H2,1-3H3. The molecule has 0 atom stereocenters. The Morgan fingerprint density at radius 3 is 2.55 bits per heavy atom. The molecule has 0 amide bonds. The maximum Gasteiger partial charge on any atom is 0.240 e. The van der Waals surface area contributed by atoms with Gasteiger partial charge in [0.05, 0.1) is 11.4 Å². The minimum Gasteiger partial charge on any atom is -0.337 e. The lowest BCUT2D eigenvalue weighted by molar-refractivity contribution is 0.320. The van der Waals surface area contributed by atoms with Crippen molar-refractivity contribution in [1.29, 1.82) is 0 Å². The lowest BCUT2D eigenvalue weighted by Gasteiger charge is -2.16. The number of aryl methyl sites for hydroxylation is 2. The second-order valence-electron chi connectivity index (χ2n) is 5.40. The third kappa shape index (κ3) is 4.40. The Labute approximate surface area is 131 Å². The van der Waals surface area contributed by atoms with Gasteiger partial charge >= 0.3 is 0 Å². The van der Waals surface area contributed by atoms with Crippen molar-refractivity contribution in [2.24, 2.45) is 7.05 Å². The van der Waals surface area contributed by atoms with Gasteiger partial charge in [0.15, 0.2) is 0 Å². The summed E-state index contributed by atoms with van der Waals surface area (Å²) >= 11 is 0. The summed E-state index contributed by atoms with van der Waals surface area (Å²) in [6.07, 6.45) is 3.65. The smallest absolute Gasteiger partial charge is 0.240 e. The van der Waals surface area contributed by atoms with E-state index in [-0.39, 0.29) is 0 Å². The predicted molar refractivity (Wildman–Crippen MR) is 85.9 cm³/mol. The van der Waals surface area contributed by atoms with E-state index in [1.54, 1.807) is 30.5 Å². The summed E-state index contributed by atoms with van der Waals surface area (Å²) in [5.41, 5.74) is 1.04. The number of hydrogen-bond donors (Lipinski definition) is 1. The van der Waals surface area contributed by atoms with Gasteiger partial charge in [-0.1, -0.05) is 17.7 Å². The fraction of sp³-hybridized carbons (Fsp3) is 0.400. The molecule has 6 nitrogen and oxygen atoms in total. The molecule has 7 heteroatoms. The van der Waals surface area contributed by atoms with Crippen LogP contribution < -0.4 is 4.72 Å². The highest BCUT2D eigenvalue weighted by Gasteiger charge is 2.13. The number of rotatable bonds is 7. The van der Waals surface area contributed by atoms with E-state index in [4.69, 9.17) is 0 Å². The van der Waals surface area contributed by atoms with Crippen LogP contribution in [-0.2, 0) is 23.6 Å². The first-order valence-electron chi connectivity index (χ1n) is 7.09. The minimum atomic E-state index is -3.44. The molecule has 0 unspecified atom stereocenters. The van der Waals surface area contributed by atoms with Crippen molar-refractivity contribution >= 4 is 10.0 Å². The van der Waals surface area contributed by atoms with Crippen LogP contribution in [0.25, 0.3) is 0 Å². The minimum absolute atomic E-state index is 0.296. The number of benzene rings is 1. The Hall–Kier alpha value is -1.70. The zero-order chi connectivity index (χ0) is 16.2. The summed E-state index contributed by atoms with van der Waals surface area (Å²) in [6.45, 7) is 3.57. The van der Waals surface area contributed by atoms with Crippen LogP contribution in [0.3, 0.4) is 0 Å². The van der Waals surface area contributed by atoms with E-state index in [1.165, 1.54) is 0 Å². The first-order valence-corrected chi connectivity index (χ1v) is 8.58. The van der Waals surface area contributed by atoms with Crippen LogP contribution in [0.4, 0.5) is 0 Å². The Morgan fingerprint density at radius 2 is 1.95 bits per heavy atom. The molecule has 0 aliphatic carbocycles. The summed E-state index contributed by atoms with van der Waals surface area (Å²) in [5.74, 6) is 0.948. The number of hydrogen-bond acceptors (Lipinski definition) is 4. The van der Waals surface area contributed by atoms with Crippen LogP contribution in [0.1, 0.15) is 11.4 Å². The molecule has 22 heavy (non-hydrogen) atoms. The molecule has 2 aromatic rings. The fourth-order valence-corrected chi connectivity index (χ4v) is 3.06. The van der Waals surface area contributed by atoms with E-state index in [0.29, 0.717) is 24.5 Å². The van der Waals surface area contributed by atoms with Crippen molar-refractivity contribution < 1.29 is 8.42 Å². The average Bonchev–Trinajstić information content (AvgIpc) is 2.84. The summed E-state index contributed by atoms with van der Waals surface area (Å²) < 4.78 is 28.9. The van der Waals surface area contributed by atoms with Crippen molar-refractivity contribution in [2.75, 3.05) is 20.1 Å². The molecule has 1 heterocycles. The normalized spacial score (nSPS) is 12.0. The van der Waals surface area contributed by atoms with Gasteiger partial charge in [-0.3, -0.25) is 4.90 Å². The molecule has 0 spiro atoms. The lowest BCUT2D eigenvalue weighted by Crippen LogP contribution is -2.33. The molecule has 1 aromatic carbocycles. The van der Waals surface area contributed by atoms with Gasteiger partial charge in [-0.2, -0.15) is 0 Å². The van der Waals surface area contributed by atoms with E-state index in [2.05, 4.69) is 9.71 Å². The number of imidazole rings is 1. The first kappa shape index (κ1) is 16.7. The molecule has 0 saturated heterocycles. The number of nitrogens with zero attached hydrogens (tertiary/aromatic N) is 3. The third-order valence-corrected chi connectivity index (χ3v) is 4.93. The fourth-order valence-electron chi connectivity index (χ4n) is 2.04. The summed E-state index contributed by atoms with van der Waals surface area (Å²) in [5, 5.41) is 0. The number of likely N-dealkylation sites (N-methyl/N-ethyl adjacent to an activating group) is 1. The van der Waals surface area contributed by atoms with E-state index >= 15 is 0 Å². The van der Waals surface area contributed by atoms with Gasteiger partial charge in [-0.05, 0) is 26.1 Å². The molecule has 0 bridgehead atoms. The molecule has 0 saturated carbocycles. The Morgan fingerprint density at radius 1 is 1.27 bits per heavy atom. The third-order valence-electron chi connectivity index (χ3n) is 3.45. The monoisotopic (exact) mass is 322 g/mol. The van der Waals surface area contributed by atoms with Crippen molar-refractivity contribution in [3.05, 3.63) is 48.0 Å². The van der Waals surface area contributed by atoms with Gasteiger partial charge in [0.1, 0.15) is 5.82 Å². The van der Waals surface area contributed by atoms with Crippen LogP contribution in [0.5, 0.6) is 0 Å². The molecule has 2 rings (SSSR count). The maximum atomic E-state index is 12.1. The molecule has 1 aromatic heterocycles. The van der Waals surface area contributed by atoms with E-state index < -0.39 is 10.0 Å². The lowest BCUT2D eigenvalue weighted by atomic mass is 10.2. The second kappa shape index (κ2) is 7.04. The van der Waals surface area contributed by atoms with Crippen LogP contribution in [0.15, 0.2) is 41.6 Å². The SMILES string of the molecule is Cc1ccc(S(=O)(=O)NCCN(C)Cc2nccn2C)cc1. The van der Waals surface area contributed by atoms with E-state index in [1.807, 2.05) is 36.7 Å². The first-order chi connectivity index (χ1) is 10.4. The summed E-state index contributed by atoms with van der Waals surface area (Å²) in [6, 6.07) is 6.83. The highest BCUT2D eigenvalue weighted by molar-refractivity contribution is 7.89. The molecule has 120 valence electrons. The molecule has 1 N–H and O–H groups in total. The van der Waals surface area contributed by atoms with Crippen LogP contribution in [-0.4, -0.2) is 43.0 Å². The van der Waals surface area contributed by atoms with Crippen LogP contribution in [0, 0.1) is 6.92 Å². The van der Waals surface area contributed by atoms with E-state index in [0.717, 1.165) is 11.4 Å². The molecule has 0 aliphatic heterocycles. The van der Waals surface area contributed by atoms with Crippen molar-refractivity contribution in [1.82, 2.24) is 19.2 Å². The van der Waals surface area contributed by atoms with Crippen LogP contribution in [0.2, 0.25) is 0 Å². The van der Waals surface area contributed by atoms with Crippen molar-refractivity contribution in [3.63, 3.8) is 0 Å². The summed E-state index contributed by atoms with van der Waals surface area (Å²) in [7, 11) is 0.440. The van der Waals surface area contributed by atoms with Gasteiger partial charge in [-0.15, -0.1) is 0 Å². The number of sulfonamides is 1. The molecule has 0 aliphatic rings. The van der Waals surface area contributed by atoms with Gasteiger partial charge in [-0.25, -0.2) is 18.1 Å².